The second-order valence-electron chi connectivity index (χ2n) is 7.02. The van der Waals surface area contributed by atoms with Crippen molar-refractivity contribution in [3.8, 4) is 5.75 Å². The Morgan fingerprint density at radius 1 is 1.06 bits per heavy atom. The first-order chi connectivity index (χ1) is 15.4. The van der Waals surface area contributed by atoms with Gasteiger partial charge in [-0.05, 0) is 48.0 Å². The molecular weight excluding hydrogens is 456 g/mol. The standard InChI is InChI=1S/C22H14Cl2FN5O2/c23-13-1-4-20-26-19(10-30(20)9-13)21(31)29-22-27-17-3-2-16(8-18(17)28-22)32-11-12-5-14(24)7-15(25)6-12/h1-10H,11H2,(H2,27,28,29,31). The molecule has 0 aliphatic heterocycles. The molecule has 0 radical (unpaired) electrons. The molecule has 0 unspecified atom stereocenters. The Morgan fingerprint density at radius 2 is 1.94 bits per heavy atom. The number of nitrogens with one attached hydrogen (secondary N) is 2. The van der Waals surface area contributed by atoms with Gasteiger partial charge in [0.25, 0.3) is 5.91 Å². The lowest BCUT2D eigenvalue weighted by Gasteiger charge is -2.07. The maximum atomic E-state index is 13.5. The summed E-state index contributed by atoms with van der Waals surface area (Å²) in [5.41, 5.74) is 2.75. The fourth-order valence-corrected chi connectivity index (χ4v) is 3.66. The summed E-state index contributed by atoms with van der Waals surface area (Å²) in [5.74, 6) is -0.0108. The molecule has 2 aromatic carbocycles. The third-order valence-corrected chi connectivity index (χ3v) is 5.10. The normalized spacial score (nSPS) is 11.2. The molecule has 2 N–H and O–H groups in total. The summed E-state index contributed by atoms with van der Waals surface area (Å²) in [6, 6.07) is 12.9. The predicted octanol–water partition coefficient (Wildman–Crippen LogP) is 5.49. The van der Waals surface area contributed by atoms with Gasteiger partial charge in [-0.15, -0.1) is 0 Å². The second-order valence-corrected chi connectivity index (χ2v) is 7.90. The highest BCUT2D eigenvalue weighted by molar-refractivity contribution is 6.30. The van der Waals surface area contributed by atoms with Crippen molar-refractivity contribution in [1.29, 1.82) is 0 Å². The lowest BCUT2D eigenvalue weighted by Crippen LogP contribution is -2.13. The van der Waals surface area contributed by atoms with Crippen LogP contribution in [0, 0.1) is 5.82 Å². The molecular formula is C22H14Cl2FN5O2. The Hall–Kier alpha value is -3.62. The molecule has 0 atom stereocenters. The number of imidazole rings is 2. The number of aromatic amines is 1. The van der Waals surface area contributed by atoms with E-state index in [9.17, 15) is 9.18 Å². The molecule has 160 valence electrons. The van der Waals surface area contributed by atoms with E-state index in [-0.39, 0.29) is 18.2 Å². The van der Waals surface area contributed by atoms with Gasteiger partial charge in [-0.25, -0.2) is 14.4 Å². The number of amides is 1. The molecule has 5 rings (SSSR count). The lowest BCUT2D eigenvalue weighted by molar-refractivity contribution is 0.102. The minimum absolute atomic E-state index is 0.151. The third kappa shape index (κ3) is 4.23. The molecule has 3 heterocycles. The molecule has 0 saturated heterocycles. The number of hydrogen-bond donors (Lipinski definition) is 2. The third-order valence-electron chi connectivity index (χ3n) is 4.66. The minimum Gasteiger partial charge on any atom is -0.489 e. The van der Waals surface area contributed by atoms with E-state index in [0.29, 0.717) is 38.0 Å². The van der Waals surface area contributed by atoms with Crippen LogP contribution in [0.25, 0.3) is 16.7 Å². The van der Waals surface area contributed by atoms with Gasteiger partial charge in [0.15, 0.2) is 0 Å². The van der Waals surface area contributed by atoms with E-state index < -0.39 is 11.7 Å². The van der Waals surface area contributed by atoms with Gasteiger partial charge >= 0.3 is 0 Å². The number of carbonyl (C=O) groups excluding carboxylic acids is 1. The van der Waals surface area contributed by atoms with Crippen molar-refractivity contribution in [3.63, 3.8) is 0 Å². The molecule has 0 bridgehead atoms. The molecule has 10 heteroatoms. The van der Waals surface area contributed by atoms with Crippen molar-refractivity contribution in [2.24, 2.45) is 0 Å². The van der Waals surface area contributed by atoms with Gasteiger partial charge in [0.1, 0.15) is 29.5 Å². The minimum atomic E-state index is -0.422. The number of nitrogens with zero attached hydrogens (tertiary/aromatic N) is 3. The SMILES string of the molecule is O=C(Nc1nc2ccc(OCc3cc(F)cc(Cl)c3)cc2[nH]1)c1cn2cc(Cl)ccc2n1. The van der Waals surface area contributed by atoms with Crippen molar-refractivity contribution in [1.82, 2.24) is 19.4 Å². The molecule has 0 aliphatic carbocycles. The lowest BCUT2D eigenvalue weighted by atomic mass is 10.2. The van der Waals surface area contributed by atoms with Crippen LogP contribution in [0.5, 0.6) is 5.75 Å². The van der Waals surface area contributed by atoms with E-state index in [2.05, 4.69) is 20.3 Å². The van der Waals surface area contributed by atoms with E-state index in [4.69, 9.17) is 27.9 Å². The van der Waals surface area contributed by atoms with E-state index in [1.807, 2.05) is 0 Å². The van der Waals surface area contributed by atoms with Gasteiger partial charge in [-0.1, -0.05) is 23.2 Å². The van der Waals surface area contributed by atoms with Crippen LogP contribution in [0.2, 0.25) is 10.0 Å². The largest absolute Gasteiger partial charge is 0.489 e. The molecule has 7 nitrogen and oxygen atoms in total. The van der Waals surface area contributed by atoms with Crippen LogP contribution in [-0.4, -0.2) is 25.3 Å². The number of anilines is 1. The first-order valence-corrected chi connectivity index (χ1v) is 10.2. The van der Waals surface area contributed by atoms with Crippen LogP contribution in [0.3, 0.4) is 0 Å². The van der Waals surface area contributed by atoms with Crippen molar-refractivity contribution < 1.29 is 13.9 Å². The first kappa shape index (κ1) is 20.3. The number of fused-ring (bicyclic) bond motifs is 2. The fourth-order valence-electron chi connectivity index (χ4n) is 3.24. The van der Waals surface area contributed by atoms with E-state index in [0.717, 1.165) is 0 Å². The molecule has 0 saturated carbocycles. The Balaban J connectivity index is 1.31. The van der Waals surface area contributed by atoms with Crippen LogP contribution in [0.4, 0.5) is 10.3 Å². The molecule has 5 aromatic rings. The summed E-state index contributed by atoms with van der Waals surface area (Å²) in [4.78, 5) is 24.3. The number of carbonyl (C=O) groups is 1. The predicted molar refractivity (Wildman–Crippen MR) is 120 cm³/mol. The number of aromatic nitrogens is 4. The van der Waals surface area contributed by atoms with Crippen molar-refractivity contribution in [2.75, 3.05) is 5.32 Å². The van der Waals surface area contributed by atoms with Crippen LogP contribution in [-0.2, 0) is 6.61 Å². The summed E-state index contributed by atoms with van der Waals surface area (Å²) >= 11 is 11.8. The number of H-pyrrole nitrogens is 1. The zero-order valence-corrected chi connectivity index (χ0v) is 17.8. The zero-order chi connectivity index (χ0) is 22.2. The topological polar surface area (TPSA) is 84.3 Å². The number of benzene rings is 2. The molecule has 1 amide bonds. The van der Waals surface area contributed by atoms with Crippen LogP contribution >= 0.6 is 23.2 Å². The monoisotopic (exact) mass is 469 g/mol. The highest BCUT2D eigenvalue weighted by Gasteiger charge is 2.14. The fraction of sp³-hybridized carbons (Fsp3) is 0.0455. The van der Waals surface area contributed by atoms with Gasteiger partial charge in [-0.2, -0.15) is 0 Å². The van der Waals surface area contributed by atoms with Crippen LogP contribution < -0.4 is 10.1 Å². The van der Waals surface area contributed by atoms with Crippen LogP contribution in [0.15, 0.2) is 60.9 Å². The Morgan fingerprint density at radius 3 is 2.78 bits per heavy atom. The zero-order valence-electron chi connectivity index (χ0n) is 16.3. The highest BCUT2D eigenvalue weighted by Crippen LogP contribution is 2.23. The first-order valence-electron chi connectivity index (χ1n) is 9.46. The average Bonchev–Trinajstić information content (AvgIpc) is 3.34. The van der Waals surface area contributed by atoms with Crippen molar-refractivity contribution in [2.45, 2.75) is 6.61 Å². The summed E-state index contributed by atoms with van der Waals surface area (Å²) in [7, 11) is 0. The number of rotatable bonds is 5. The summed E-state index contributed by atoms with van der Waals surface area (Å²) in [6.07, 6.45) is 3.25. The molecule has 0 aliphatic rings. The quantitative estimate of drug-likeness (QED) is 0.356. The number of hydrogen-bond acceptors (Lipinski definition) is 4. The number of halogens is 3. The summed E-state index contributed by atoms with van der Waals surface area (Å²) in [6.45, 7) is 0.151. The smallest absolute Gasteiger partial charge is 0.278 e. The Labute approximate surface area is 190 Å². The van der Waals surface area contributed by atoms with Gasteiger partial charge < -0.3 is 14.1 Å². The van der Waals surface area contributed by atoms with Gasteiger partial charge in [-0.3, -0.25) is 10.1 Å². The Kier molecular flexibility index (Phi) is 5.16. The van der Waals surface area contributed by atoms with Crippen LogP contribution in [0.1, 0.15) is 16.1 Å². The Bertz CT molecular complexity index is 1460. The number of pyridine rings is 1. The molecule has 0 fully saturated rings. The second kappa shape index (κ2) is 8.14. The summed E-state index contributed by atoms with van der Waals surface area (Å²) in [5, 5.41) is 3.55. The summed E-state index contributed by atoms with van der Waals surface area (Å²) < 4.78 is 20.9. The average molecular weight is 470 g/mol. The van der Waals surface area contributed by atoms with Gasteiger partial charge in [0, 0.05) is 23.5 Å². The van der Waals surface area contributed by atoms with E-state index in [1.54, 1.807) is 53.2 Å². The highest BCUT2D eigenvalue weighted by atomic mass is 35.5. The molecule has 3 aromatic heterocycles. The van der Waals surface area contributed by atoms with E-state index in [1.165, 1.54) is 12.1 Å². The maximum absolute atomic E-state index is 13.5. The van der Waals surface area contributed by atoms with Crippen molar-refractivity contribution in [3.05, 3.63) is 88.0 Å². The van der Waals surface area contributed by atoms with E-state index >= 15 is 0 Å². The van der Waals surface area contributed by atoms with Gasteiger partial charge in [0.2, 0.25) is 5.95 Å². The van der Waals surface area contributed by atoms with Crippen molar-refractivity contribution >= 4 is 51.7 Å². The maximum Gasteiger partial charge on any atom is 0.278 e. The molecule has 0 spiro atoms. The van der Waals surface area contributed by atoms with Gasteiger partial charge in [0.05, 0.1) is 16.1 Å². The molecule has 32 heavy (non-hydrogen) atoms. The number of ether oxygens (including phenoxy) is 1.